The third-order valence-electron chi connectivity index (χ3n) is 1.95. The summed E-state index contributed by atoms with van der Waals surface area (Å²) < 4.78 is 0. The highest BCUT2D eigenvalue weighted by molar-refractivity contribution is 6.58. The summed E-state index contributed by atoms with van der Waals surface area (Å²) in [5, 5.41) is 24.3. The molecule has 0 aliphatic heterocycles. The Kier molecular flexibility index (Phi) is 2.40. The fourth-order valence-corrected chi connectivity index (χ4v) is 1.24. The minimum Gasteiger partial charge on any atom is -0.423 e. The van der Waals surface area contributed by atoms with Crippen molar-refractivity contribution < 1.29 is 10.0 Å². The zero-order valence-electron chi connectivity index (χ0n) is 7.75. The summed E-state index contributed by atoms with van der Waals surface area (Å²) in [4.78, 5) is 3.93. The average molecular weight is 204 g/mol. The van der Waals surface area contributed by atoms with Crippen molar-refractivity contribution in [2.24, 2.45) is 0 Å². The molecule has 76 valence electrons. The van der Waals surface area contributed by atoms with Crippen LogP contribution in [0.5, 0.6) is 0 Å². The van der Waals surface area contributed by atoms with Gasteiger partial charge in [-0.1, -0.05) is 24.3 Å². The summed E-state index contributed by atoms with van der Waals surface area (Å²) in [6, 6.07) is 6.64. The lowest BCUT2D eigenvalue weighted by atomic mass is 9.79. The number of nitrogen functional groups attached to an aromatic ring is 1. The zero-order chi connectivity index (χ0) is 10.8. The van der Waals surface area contributed by atoms with Gasteiger partial charge in [-0.05, 0) is 5.46 Å². The number of rotatable bonds is 2. The molecule has 6 nitrogen and oxygen atoms in total. The van der Waals surface area contributed by atoms with Gasteiger partial charge < -0.3 is 15.8 Å². The van der Waals surface area contributed by atoms with E-state index in [1.807, 2.05) is 0 Å². The topological polar surface area (TPSA) is 108 Å². The van der Waals surface area contributed by atoms with Crippen LogP contribution in [0.1, 0.15) is 0 Å². The molecule has 0 saturated carbocycles. The molecule has 0 fully saturated rings. The van der Waals surface area contributed by atoms with Crippen molar-refractivity contribution in [1.82, 2.24) is 15.2 Å². The number of aromatic amines is 1. The molecule has 0 amide bonds. The Hall–Kier alpha value is -1.86. The molecular weight excluding hydrogens is 195 g/mol. The van der Waals surface area contributed by atoms with Gasteiger partial charge in [-0.2, -0.15) is 10.1 Å². The maximum Gasteiger partial charge on any atom is 0.488 e. The Balaban J connectivity index is 2.41. The Morgan fingerprint density at radius 1 is 1.33 bits per heavy atom. The highest BCUT2D eigenvalue weighted by Gasteiger charge is 2.12. The quantitative estimate of drug-likeness (QED) is 0.456. The first-order valence-corrected chi connectivity index (χ1v) is 4.31. The van der Waals surface area contributed by atoms with Gasteiger partial charge in [-0.3, -0.25) is 0 Å². The molecule has 2 rings (SSSR count). The maximum absolute atomic E-state index is 8.98. The van der Waals surface area contributed by atoms with Gasteiger partial charge in [0.1, 0.15) is 0 Å². The lowest BCUT2D eigenvalue weighted by molar-refractivity contribution is 0.426. The van der Waals surface area contributed by atoms with Crippen LogP contribution in [0.25, 0.3) is 11.4 Å². The molecule has 2 aromatic rings. The van der Waals surface area contributed by atoms with E-state index < -0.39 is 7.12 Å². The predicted molar refractivity (Wildman–Crippen MR) is 56.1 cm³/mol. The lowest BCUT2D eigenvalue weighted by Gasteiger charge is -2.00. The molecule has 0 spiro atoms. The second kappa shape index (κ2) is 3.72. The fourth-order valence-electron chi connectivity index (χ4n) is 1.24. The largest absolute Gasteiger partial charge is 0.488 e. The second-order valence-corrected chi connectivity index (χ2v) is 3.04. The Bertz CT molecular complexity index is 471. The third kappa shape index (κ3) is 1.98. The van der Waals surface area contributed by atoms with Crippen LogP contribution in [0, 0.1) is 0 Å². The first-order chi connectivity index (χ1) is 7.16. The molecule has 0 saturated heterocycles. The molecule has 0 atom stereocenters. The van der Waals surface area contributed by atoms with E-state index in [0.29, 0.717) is 16.9 Å². The van der Waals surface area contributed by atoms with Gasteiger partial charge in [0.2, 0.25) is 5.95 Å². The zero-order valence-corrected chi connectivity index (χ0v) is 7.75. The van der Waals surface area contributed by atoms with Crippen molar-refractivity contribution in [3.8, 4) is 11.4 Å². The van der Waals surface area contributed by atoms with Gasteiger partial charge in [0, 0.05) is 5.56 Å². The number of hydrogen-bond donors (Lipinski definition) is 4. The number of nitrogens with one attached hydrogen (secondary N) is 1. The summed E-state index contributed by atoms with van der Waals surface area (Å²) in [6.07, 6.45) is 0. The summed E-state index contributed by atoms with van der Waals surface area (Å²) in [6.45, 7) is 0. The van der Waals surface area contributed by atoms with Crippen LogP contribution in [0.4, 0.5) is 5.95 Å². The molecule has 0 bridgehead atoms. The van der Waals surface area contributed by atoms with Crippen molar-refractivity contribution >= 4 is 18.5 Å². The van der Waals surface area contributed by atoms with Gasteiger partial charge in [-0.15, -0.1) is 0 Å². The highest BCUT2D eigenvalue weighted by Crippen LogP contribution is 2.12. The fraction of sp³-hybridized carbons (Fsp3) is 0. The molecule has 0 radical (unpaired) electrons. The van der Waals surface area contributed by atoms with E-state index in [1.54, 1.807) is 24.3 Å². The van der Waals surface area contributed by atoms with Crippen LogP contribution >= 0.6 is 0 Å². The molecule has 7 heteroatoms. The number of benzene rings is 1. The van der Waals surface area contributed by atoms with Gasteiger partial charge in [0.15, 0.2) is 5.82 Å². The number of nitrogens with zero attached hydrogens (tertiary/aromatic N) is 2. The van der Waals surface area contributed by atoms with Crippen LogP contribution in [-0.2, 0) is 0 Å². The second-order valence-electron chi connectivity index (χ2n) is 3.04. The van der Waals surface area contributed by atoms with Crippen molar-refractivity contribution in [2.75, 3.05) is 5.73 Å². The third-order valence-corrected chi connectivity index (χ3v) is 1.95. The smallest absolute Gasteiger partial charge is 0.423 e. The van der Waals surface area contributed by atoms with Crippen molar-refractivity contribution in [3.63, 3.8) is 0 Å². The molecule has 1 heterocycles. The highest BCUT2D eigenvalue weighted by atomic mass is 16.4. The van der Waals surface area contributed by atoms with E-state index in [1.165, 1.54) is 0 Å². The molecule has 1 aromatic carbocycles. The number of hydrogen-bond acceptors (Lipinski definition) is 5. The van der Waals surface area contributed by atoms with Crippen LogP contribution in [-0.4, -0.2) is 32.3 Å². The van der Waals surface area contributed by atoms with E-state index in [0.717, 1.165) is 0 Å². The Morgan fingerprint density at radius 2 is 2.13 bits per heavy atom. The van der Waals surface area contributed by atoms with Gasteiger partial charge in [0.25, 0.3) is 0 Å². The minimum atomic E-state index is -1.50. The van der Waals surface area contributed by atoms with Crippen LogP contribution < -0.4 is 11.2 Å². The van der Waals surface area contributed by atoms with Gasteiger partial charge in [0.05, 0.1) is 0 Å². The number of anilines is 1. The van der Waals surface area contributed by atoms with Gasteiger partial charge in [-0.25, -0.2) is 5.10 Å². The molecule has 0 aliphatic carbocycles. The van der Waals surface area contributed by atoms with E-state index in [4.69, 9.17) is 15.8 Å². The lowest BCUT2D eigenvalue weighted by Crippen LogP contribution is -2.29. The summed E-state index contributed by atoms with van der Waals surface area (Å²) >= 11 is 0. The van der Waals surface area contributed by atoms with Crippen LogP contribution in [0.2, 0.25) is 0 Å². The Labute approximate surface area is 85.9 Å². The molecule has 1 aromatic heterocycles. The van der Waals surface area contributed by atoms with E-state index in [2.05, 4.69) is 15.2 Å². The SMILES string of the molecule is Nc1nc(-c2cccc(B(O)O)c2)n[nH]1. The standard InChI is InChI=1S/C8H9BN4O2/c10-8-11-7(12-13-8)5-2-1-3-6(4-5)9(14)15/h1-4,14-15H,(H3,10,11,12,13). The summed E-state index contributed by atoms with van der Waals surface area (Å²) in [5.41, 5.74) is 6.45. The number of nitrogens with two attached hydrogens (primary N) is 1. The predicted octanol–water partition coefficient (Wildman–Crippen LogP) is -1.27. The number of aromatic nitrogens is 3. The van der Waals surface area contributed by atoms with E-state index >= 15 is 0 Å². The Morgan fingerprint density at radius 3 is 2.73 bits per heavy atom. The first kappa shape index (κ1) is 9.69. The maximum atomic E-state index is 8.98. The van der Waals surface area contributed by atoms with Crippen LogP contribution in [0.15, 0.2) is 24.3 Å². The summed E-state index contributed by atoms with van der Waals surface area (Å²) in [5.74, 6) is 0.648. The average Bonchev–Trinajstić information content (AvgIpc) is 2.65. The molecule has 0 aliphatic rings. The van der Waals surface area contributed by atoms with E-state index in [9.17, 15) is 0 Å². The van der Waals surface area contributed by atoms with Crippen molar-refractivity contribution in [1.29, 1.82) is 0 Å². The molecular formula is C8H9BN4O2. The van der Waals surface area contributed by atoms with Crippen LogP contribution in [0.3, 0.4) is 0 Å². The monoisotopic (exact) mass is 204 g/mol. The minimum absolute atomic E-state index is 0.222. The van der Waals surface area contributed by atoms with Crippen molar-refractivity contribution in [3.05, 3.63) is 24.3 Å². The van der Waals surface area contributed by atoms with E-state index in [-0.39, 0.29) is 5.95 Å². The van der Waals surface area contributed by atoms with Gasteiger partial charge >= 0.3 is 7.12 Å². The normalized spacial score (nSPS) is 10.3. The van der Waals surface area contributed by atoms with Crippen molar-refractivity contribution in [2.45, 2.75) is 0 Å². The molecule has 15 heavy (non-hydrogen) atoms. The molecule has 5 N–H and O–H groups in total. The molecule has 0 unspecified atom stereocenters. The summed E-state index contributed by atoms with van der Waals surface area (Å²) in [7, 11) is -1.50. The first-order valence-electron chi connectivity index (χ1n) is 4.31. The number of H-pyrrole nitrogens is 1.